The Balaban J connectivity index is 2.20. The van der Waals surface area contributed by atoms with E-state index in [-0.39, 0.29) is 5.91 Å². The van der Waals surface area contributed by atoms with Gasteiger partial charge in [-0.15, -0.1) is 0 Å². The molecule has 24 heavy (non-hydrogen) atoms. The van der Waals surface area contributed by atoms with Gasteiger partial charge in [-0.3, -0.25) is 4.79 Å². The smallest absolute Gasteiger partial charge is 0.255 e. The van der Waals surface area contributed by atoms with Gasteiger partial charge in [0, 0.05) is 17.7 Å². The van der Waals surface area contributed by atoms with Gasteiger partial charge in [0.25, 0.3) is 5.91 Å². The molecule has 0 heterocycles. The molecule has 0 aromatic heterocycles. The quantitative estimate of drug-likeness (QED) is 0.815. The highest BCUT2D eigenvalue weighted by molar-refractivity contribution is 6.32. The highest BCUT2D eigenvalue weighted by atomic mass is 35.5. The molecule has 0 aliphatic rings. The molecule has 0 aliphatic heterocycles. The fourth-order valence-electron chi connectivity index (χ4n) is 2.42. The van der Waals surface area contributed by atoms with Crippen molar-refractivity contribution >= 4 is 23.2 Å². The molecule has 128 valence electrons. The lowest BCUT2D eigenvalue weighted by atomic mass is 10.0. The number of rotatable bonds is 6. The van der Waals surface area contributed by atoms with Gasteiger partial charge in [-0.2, -0.15) is 0 Å². The molecule has 0 fully saturated rings. The second kappa shape index (κ2) is 8.06. The van der Waals surface area contributed by atoms with Crippen molar-refractivity contribution < 1.29 is 14.3 Å². The Kier molecular flexibility index (Phi) is 6.10. The zero-order valence-electron chi connectivity index (χ0n) is 14.4. The van der Waals surface area contributed by atoms with Crippen LogP contribution in [-0.2, 0) is 6.42 Å². The monoisotopic (exact) mass is 347 g/mol. The number of ether oxygens (including phenoxy) is 2. The molecule has 0 atom stereocenters. The van der Waals surface area contributed by atoms with E-state index in [4.69, 9.17) is 21.1 Å². The Morgan fingerprint density at radius 1 is 1.08 bits per heavy atom. The summed E-state index contributed by atoms with van der Waals surface area (Å²) in [6, 6.07) is 10.9. The minimum Gasteiger partial charge on any atom is -0.495 e. The Hall–Kier alpha value is -2.20. The number of hydrogen-bond acceptors (Lipinski definition) is 3. The zero-order valence-corrected chi connectivity index (χ0v) is 15.1. The third kappa shape index (κ3) is 4.42. The van der Waals surface area contributed by atoms with Crippen LogP contribution in [0.25, 0.3) is 0 Å². The number of nitrogens with one attached hydrogen (secondary N) is 1. The number of anilines is 1. The molecule has 1 amide bonds. The van der Waals surface area contributed by atoms with Crippen LogP contribution in [0.4, 0.5) is 5.69 Å². The van der Waals surface area contributed by atoms with Gasteiger partial charge in [0.2, 0.25) is 0 Å². The molecule has 0 spiro atoms. The largest absolute Gasteiger partial charge is 0.495 e. The average molecular weight is 348 g/mol. The van der Waals surface area contributed by atoms with Gasteiger partial charge >= 0.3 is 0 Å². The van der Waals surface area contributed by atoms with Crippen molar-refractivity contribution in [3.05, 3.63) is 52.5 Å². The lowest BCUT2D eigenvalue weighted by Crippen LogP contribution is -2.13. The first-order valence-electron chi connectivity index (χ1n) is 7.76. The van der Waals surface area contributed by atoms with Crippen molar-refractivity contribution in [2.24, 2.45) is 5.92 Å². The molecule has 2 aromatic carbocycles. The number of carbonyl (C=O) groups is 1. The van der Waals surface area contributed by atoms with E-state index in [1.54, 1.807) is 12.1 Å². The molecule has 2 aromatic rings. The van der Waals surface area contributed by atoms with Crippen molar-refractivity contribution in [3.8, 4) is 11.5 Å². The van der Waals surface area contributed by atoms with E-state index < -0.39 is 0 Å². The Morgan fingerprint density at radius 2 is 1.71 bits per heavy atom. The molecule has 0 unspecified atom stereocenters. The summed E-state index contributed by atoms with van der Waals surface area (Å²) in [6.45, 7) is 4.33. The molecular formula is C19H22ClNO3. The zero-order chi connectivity index (χ0) is 17.7. The summed E-state index contributed by atoms with van der Waals surface area (Å²) in [7, 11) is 3.04. The maximum absolute atomic E-state index is 12.5. The average Bonchev–Trinajstić information content (AvgIpc) is 2.56. The maximum atomic E-state index is 12.5. The van der Waals surface area contributed by atoms with E-state index in [0.29, 0.717) is 33.7 Å². The number of methoxy groups -OCH3 is 2. The Labute approximate surface area is 147 Å². The van der Waals surface area contributed by atoms with Crippen LogP contribution in [0.15, 0.2) is 36.4 Å². The lowest BCUT2D eigenvalue weighted by molar-refractivity contribution is 0.102. The minimum absolute atomic E-state index is 0.214. The van der Waals surface area contributed by atoms with Crippen LogP contribution in [-0.4, -0.2) is 20.1 Å². The number of hydrogen-bond donors (Lipinski definition) is 1. The van der Waals surface area contributed by atoms with Crippen LogP contribution in [0, 0.1) is 5.92 Å². The van der Waals surface area contributed by atoms with Crippen molar-refractivity contribution in [2.75, 3.05) is 19.5 Å². The van der Waals surface area contributed by atoms with Crippen molar-refractivity contribution in [3.63, 3.8) is 0 Å². The minimum atomic E-state index is -0.214. The van der Waals surface area contributed by atoms with Crippen LogP contribution in [0.2, 0.25) is 5.02 Å². The van der Waals surface area contributed by atoms with E-state index >= 15 is 0 Å². The molecule has 0 saturated carbocycles. The third-order valence-corrected chi connectivity index (χ3v) is 3.88. The first-order chi connectivity index (χ1) is 11.4. The summed E-state index contributed by atoms with van der Waals surface area (Å²) < 4.78 is 10.5. The van der Waals surface area contributed by atoms with Gasteiger partial charge < -0.3 is 14.8 Å². The first kappa shape index (κ1) is 18.1. The Bertz CT molecular complexity index is 711. The van der Waals surface area contributed by atoms with Crippen LogP contribution in [0.3, 0.4) is 0 Å². The maximum Gasteiger partial charge on any atom is 0.255 e. The predicted molar refractivity (Wildman–Crippen MR) is 97.5 cm³/mol. The second-order valence-electron chi connectivity index (χ2n) is 5.94. The van der Waals surface area contributed by atoms with E-state index in [1.165, 1.54) is 19.8 Å². The SMILES string of the molecule is COc1cc(NC(=O)c2ccc(CC(C)C)cc2)c(OC)cc1Cl. The van der Waals surface area contributed by atoms with Crippen LogP contribution < -0.4 is 14.8 Å². The van der Waals surface area contributed by atoms with Crippen molar-refractivity contribution in [1.29, 1.82) is 0 Å². The normalized spacial score (nSPS) is 10.6. The molecule has 0 radical (unpaired) electrons. The molecule has 2 rings (SSSR count). The number of benzene rings is 2. The molecular weight excluding hydrogens is 326 g/mol. The van der Waals surface area contributed by atoms with Gasteiger partial charge in [-0.1, -0.05) is 37.6 Å². The van der Waals surface area contributed by atoms with Crippen LogP contribution in [0.5, 0.6) is 11.5 Å². The van der Waals surface area contributed by atoms with Gasteiger partial charge in [0.05, 0.1) is 24.9 Å². The van der Waals surface area contributed by atoms with Crippen molar-refractivity contribution in [1.82, 2.24) is 0 Å². The molecule has 5 heteroatoms. The standard InChI is InChI=1S/C19H22ClNO3/c1-12(2)9-13-5-7-14(8-6-13)19(22)21-16-11-17(23-3)15(20)10-18(16)24-4/h5-8,10-12H,9H2,1-4H3,(H,21,22). The molecule has 1 N–H and O–H groups in total. The second-order valence-corrected chi connectivity index (χ2v) is 6.34. The predicted octanol–water partition coefficient (Wildman–Crippen LogP) is 4.81. The topological polar surface area (TPSA) is 47.6 Å². The third-order valence-electron chi connectivity index (χ3n) is 3.58. The Morgan fingerprint density at radius 3 is 2.25 bits per heavy atom. The number of amides is 1. The first-order valence-corrected chi connectivity index (χ1v) is 8.14. The molecule has 4 nitrogen and oxygen atoms in total. The molecule has 0 saturated heterocycles. The summed E-state index contributed by atoms with van der Waals surface area (Å²) in [4.78, 5) is 12.5. The molecule has 0 bridgehead atoms. The van der Waals surface area contributed by atoms with E-state index in [1.807, 2.05) is 24.3 Å². The molecule has 0 aliphatic carbocycles. The number of halogens is 1. The number of carbonyl (C=O) groups excluding carboxylic acids is 1. The summed E-state index contributed by atoms with van der Waals surface area (Å²) in [5.41, 5.74) is 2.31. The summed E-state index contributed by atoms with van der Waals surface area (Å²) in [5.74, 6) is 1.31. The van der Waals surface area contributed by atoms with E-state index in [9.17, 15) is 4.79 Å². The van der Waals surface area contributed by atoms with Crippen LogP contribution >= 0.6 is 11.6 Å². The summed E-state index contributed by atoms with van der Waals surface area (Å²) in [5, 5.41) is 3.26. The van der Waals surface area contributed by atoms with Gasteiger partial charge in [-0.25, -0.2) is 0 Å². The fourth-order valence-corrected chi connectivity index (χ4v) is 2.65. The van der Waals surface area contributed by atoms with E-state index in [0.717, 1.165) is 6.42 Å². The fraction of sp³-hybridized carbons (Fsp3) is 0.316. The van der Waals surface area contributed by atoms with Crippen LogP contribution in [0.1, 0.15) is 29.8 Å². The lowest BCUT2D eigenvalue weighted by Gasteiger charge is -2.13. The summed E-state index contributed by atoms with van der Waals surface area (Å²) in [6.07, 6.45) is 0.990. The summed E-state index contributed by atoms with van der Waals surface area (Å²) >= 11 is 6.07. The van der Waals surface area contributed by atoms with E-state index in [2.05, 4.69) is 19.2 Å². The van der Waals surface area contributed by atoms with Gasteiger partial charge in [0.15, 0.2) is 0 Å². The van der Waals surface area contributed by atoms with Crippen molar-refractivity contribution in [2.45, 2.75) is 20.3 Å². The highest BCUT2D eigenvalue weighted by Crippen LogP contribution is 2.36. The van der Waals surface area contributed by atoms with Gasteiger partial charge in [0.1, 0.15) is 11.5 Å². The highest BCUT2D eigenvalue weighted by Gasteiger charge is 2.14. The van der Waals surface area contributed by atoms with Gasteiger partial charge in [-0.05, 0) is 30.0 Å².